The van der Waals surface area contributed by atoms with Crippen LogP contribution in [0.4, 0.5) is 5.95 Å². The zero-order valence-electron chi connectivity index (χ0n) is 10.9. The number of nitrogens with zero attached hydrogens (tertiary/aromatic N) is 4. The SMILES string of the molecule is CCN(Cc1ccccn1)c1ncc(Br)c(OC)n1. The van der Waals surface area contributed by atoms with Crippen molar-refractivity contribution in [1.29, 1.82) is 0 Å². The topological polar surface area (TPSA) is 51.1 Å². The number of ether oxygens (including phenoxy) is 1. The second-order valence-corrected chi connectivity index (χ2v) is 4.72. The van der Waals surface area contributed by atoms with Gasteiger partial charge < -0.3 is 9.64 Å². The lowest BCUT2D eigenvalue weighted by molar-refractivity contribution is 0.393. The molecule has 0 radical (unpaired) electrons. The van der Waals surface area contributed by atoms with Crippen molar-refractivity contribution >= 4 is 21.9 Å². The molecule has 2 aromatic heterocycles. The quantitative estimate of drug-likeness (QED) is 0.847. The third kappa shape index (κ3) is 3.41. The summed E-state index contributed by atoms with van der Waals surface area (Å²) in [4.78, 5) is 15.0. The van der Waals surface area contributed by atoms with E-state index in [-0.39, 0.29) is 0 Å². The Morgan fingerprint density at radius 2 is 2.16 bits per heavy atom. The maximum absolute atomic E-state index is 5.19. The summed E-state index contributed by atoms with van der Waals surface area (Å²) in [7, 11) is 1.59. The summed E-state index contributed by atoms with van der Waals surface area (Å²) < 4.78 is 5.93. The van der Waals surface area contributed by atoms with Gasteiger partial charge in [-0.2, -0.15) is 4.98 Å². The fourth-order valence-electron chi connectivity index (χ4n) is 1.65. The van der Waals surface area contributed by atoms with E-state index in [0.717, 1.165) is 16.7 Å². The minimum absolute atomic E-state index is 0.532. The molecule has 2 rings (SSSR count). The van der Waals surface area contributed by atoms with E-state index < -0.39 is 0 Å². The Morgan fingerprint density at radius 3 is 2.79 bits per heavy atom. The molecule has 6 heteroatoms. The van der Waals surface area contributed by atoms with Crippen molar-refractivity contribution in [3.05, 3.63) is 40.8 Å². The van der Waals surface area contributed by atoms with E-state index in [4.69, 9.17) is 4.74 Å². The smallest absolute Gasteiger partial charge is 0.232 e. The third-order valence-corrected chi connectivity index (χ3v) is 3.18. The Hall–Kier alpha value is -1.69. The maximum atomic E-state index is 5.19. The largest absolute Gasteiger partial charge is 0.480 e. The van der Waals surface area contributed by atoms with Gasteiger partial charge in [-0.05, 0) is 35.0 Å². The van der Waals surface area contributed by atoms with Gasteiger partial charge in [-0.1, -0.05) is 6.07 Å². The minimum atomic E-state index is 0.532. The van der Waals surface area contributed by atoms with Gasteiger partial charge >= 0.3 is 0 Å². The molecule has 0 fully saturated rings. The molecule has 0 spiro atoms. The van der Waals surface area contributed by atoms with E-state index in [1.807, 2.05) is 23.1 Å². The Bertz CT molecular complexity index is 535. The monoisotopic (exact) mass is 322 g/mol. The summed E-state index contributed by atoms with van der Waals surface area (Å²) in [5.74, 6) is 1.16. The van der Waals surface area contributed by atoms with Crippen molar-refractivity contribution in [2.24, 2.45) is 0 Å². The molecule has 19 heavy (non-hydrogen) atoms. The zero-order valence-corrected chi connectivity index (χ0v) is 12.5. The van der Waals surface area contributed by atoms with E-state index in [1.165, 1.54) is 0 Å². The lowest BCUT2D eigenvalue weighted by Gasteiger charge is -2.20. The van der Waals surface area contributed by atoms with E-state index in [0.29, 0.717) is 18.4 Å². The molecule has 0 bridgehead atoms. The van der Waals surface area contributed by atoms with Gasteiger partial charge in [0.1, 0.15) is 0 Å². The molecule has 0 saturated heterocycles. The molecule has 0 saturated carbocycles. The number of hydrogen-bond acceptors (Lipinski definition) is 5. The Balaban J connectivity index is 2.22. The first-order valence-electron chi connectivity index (χ1n) is 5.96. The number of pyridine rings is 1. The van der Waals surface area contributed by atoms with Gasteiger partial charge in [0.15, 0.2) is 0 Å². The highest BCUT2D eigenvalue weighted by Crippen LogP contribution is 2.23. The van der Waals surface area contributed by atoms with Crippen molar-refractivity contribution in [1.82, 2.24) is 15.0 Å². The molecular formula is C13H15BrN4O. The van der Waals surface area contributed by atoms with Gasteiger partial charge in [0.25, 0.3) is 0 Å². The molecule has 0 N–H and O–H groups in total. The molecule has 2 aromatic rings. The van der Waals surface area contributed by atoms with Crippen LogP contribution in [0.25, 0.3) is 0 Å². The van der Waals surface area contributed by atoms with Crippen LogP contribution in [-0.4, -0.2) is 28.6 Å². The molecular weight excluding hydrogens is 308 g/mol. The van der Waals surface area contributed by atoms with Gasteiger partial charge in [-0.3, -0.25) is 4.98 Å². The predicted octanol–water partition coefficient (Wildman–Crippen LogP) is 2.67. The van der Waals surface area contributed by atoms with Crippen LogP contribution in [0.2, 0.25) is 0 Å². The average Bonchev–Trinajstić information content (AvgIpc) is 2.46. The van der Waals surface area contributed by atoms with Crippen LogP contribution < -0.4 is 9.64 Å². The molecule has 0 aromatic carbocycles. The molecule has 0 atom stereocenters. The number of methoxy groups -OCH3 is 1. The number of rotatable bonds is 5. The van der Waals surface area contributed by atoms with E-state index in [2.05, 4.69) is 37.8 Å². The number of halogens is 1. The van der Waals surface area contributed by atoms with Gasteiger partial charge in [0.2, 0.25) is 11.8 Å². The predicted molar refractivity (Wildman–Crippen MR) is 77.2 cm³/mol. The van der Waals surface area contributed by atoms with Crippen molar-refractivity contribution in [3.8, 4) is 5.88 Å². The second-order valence-electron chi connectivity index (χ2n) is 3.86. The van der Waals surface area contributed by atoms with Gasteiger partial charge in [-0.25, -0.2) is 4.98 Å². The first-order valence-corrected chi connectivity index (χ1v) is 6.75. The third-order valence-electron chi connectivity index (χ3n) is 2.64. The summed E-state index contributed by atoms with van der Waals surface area (Å²) in [5.41, 5.74) is 0.981. The normalized spacial score (nSPS) is 10.3. The van der Waals surface area contributed by atoms with Crippen LogP contribution in [0.3, 0.4) is 0 Å². The Kier molecular flexibility index (Phi) is 4.68. The first-order chi connectivity index (χ1) is 9.24. The van der Waals surface area contributed by atoms with E-state index in [9.17, 15) is 0 Å². The number of anilines is 1. The molecule has 0 unspecified atom stereocenters. The summed E-state index contributed by atoms with van der Waals surface area (Å²) in [6, 6.07) is 5.86. The zero-order chi connectivity index (χ0) is 13.7. The summed E-state index contributed by atoms with van der Waals surface area (Å²) in [6.07, 6.45) is 3.48. The summed E-state index contributed by atoms with van der Waals surface area (Å²) in [5, 5.41) is 0. The average molecular weight is 323 g/mol. The van der Waals surface area contributed by atoms with E-state index in [1.54, 1.807) is 19.5 Å². The summed E-state index contributed by atoms with van der Waals surface area (Å²) in [6.45, 7) is 3.52. The van der Waals surface area contributed by atoms with Crippen LogP contribution in [0, 0.1) is 0 Å². The van der Waals surface area contributed by atoms with Crippen LogP contribution in [0.5, 0.6) is 5.88 Å². The second kappa shape index (κ2) is 6.47. The van der Waals surface area contributed by atoms with Gasteiger partial charge in [0, 0.05) is 12.7 Å². The van der Waals surface area contributed by atoms with Crippen molar-refractivity contribution in [2.75, 3.05) is 18.6 Å². The highest BCUT2D eigenvalue weighted by Gasteiger charge is 2.12. The van der Waals surface area contributed by atoms with Crippen LogP contribution in [0.1, 0.15) is 12.6 Å². The fraction of sp³-hybridized carbons (Fsp3) is 0.308. The van der Waals surface area contributed by atoms with Crippen molar-refractivity contribution in [2.45, 2.75) is 13.5 Å². The van der Waals surface area contributed by atoms with Crippen LogP contribution >= 0.6 is 15.9 Å². The number of hydrogen-bond donors (Lipinski definition) is 0. The van der Waals surface area contributed by atoms with Gasteiger partial charge in [0.05, 0.1) is 30.0 Å². The molecule has 2 heterocycles. The highest BCUT2D eigenvalue weighted by atomic mass is 79.9. The molecule has 0 aliphatic carbocycles. The minimum Gasteiger partial charge on any atom is -0.480 e. The molecule has 100 valence electrons. The van der Waals surface area contributed by atoms with Crippen LogP contribution in [-0.2, 0) is 6.54 Å². The molecule has 0 aliphatic heterocycles. The fourth-order valence-corrected chi connectivity index (χ4v) is 2.00. The molecule has 0 amide bonds. The Labute approximate surface area is 120 Å². The van der Waals surface area contributed by atoms with Crippen molar-refractivity contribution in [3.63, 3.8) is 0 Å². The first kappa shape index (κ1) is 13.7. The molecule has 0 aliphatic rings. The Morgan fingerprint density at radius 1 is 1.32 bits per heavy atom. The number of aromatic nitrogens is 3. The highest BCUT2D eigenvalue weighted by molar-refractivity contribution is 9.10. The lowest BCUT2D eigenvalue weighted by atomic mass is 10.3. The summed E-state index contributed by atoms with van der Waals surface area (Å²) >= 11 is 3.35. The van der Waals surface area contributed by atoms with Crippen LogP contribution in [0.15, 0.2) is 35.1 Å². The van der Waals surface area contributed by atoms with Crippen molar-refractivity contribution < 1.29 is 4.74 Å². The lowest BCUT2D eigenvalue weighted by Crippen LogP contribution is -2.24. The van der Waals surface area contributed by atoms with E-state index >= 15 is 0 Å². The maximum Gasteiger partial charge on any atom is 0.232 e. The molecule has 5 nitrogen and oxygen atoms in total. The standard InChI is InChI=1S/C13H15BrN4O/c1-3-18(9-10-6-4-5-7-15-10)13-16-8-11(14)12(17-13)19-2/h4-8H,3,9H2,1-2H3. The van der Waals surface area contributed by atoms with Gasteiger partial charge in [-0.15, -0.1) is 0 Å².